The Morgan fingerprint density at radius 3 is 2.74 bits per heavy atom. The van der Waals surface area contributed by atoms with E-state index in [1.165, 1.54) is 11.3 Å². The van der Waals surface area contributed by atoms with Crippen LogP contribution in [0.3, 0.4) is 0 Å². The van der Waals surface area contributed by atoms with Crippen molar-refractivity contribution >= 4 is 17.1 Å². The van der Waals surface area contributed by atoms with E-state index in [0.29, 0.717) is 10.7 Å². The minimum absolute atomic E-state index is 0.236. The van der Waals surface area contributed by atoms with Gasteiger partial charge in [-0.3, -0.25) is 4.79 Å². The lowest BCUT2D eigenvalue weighted by atomic mass is 10.0. The molecule has 136 valence electrons. The van der Waals surface area contributed by atoms with Crippen molar-refractivity contribution in [3.8, 4) is 17.5 Å². The van der Waals surface area contributed by atoms with Crippen molar-refractivity contribution < 1.29 is 4.79 Å². The molecule has 1 atom stereocenters. The first-order valence-electron chi connectivity index (χ1n) is 9.19. The molecule has 0 bridgehead atoms. The van der Waals surface area contributed by atoms with Crippen LogP contribution in [0.1, 0.15) is 52.1 Å². The quantitative estimate of drug-likeness (QED) is 0.627. The molecule has 0 radical (unpaired) electrons. The van der Waals surface area contributed by atoms with E-state index in [2.05, 4.69) is 15.6 Å². The number of carbonyl (C=O) groups excluding carboxylic acids is 1. The highest BCUT2D eigenvalue weighted by Crippen LogP contribution is 2.31. The SMILES string of the molecule is Cc1csc([C@@H](C#N)C(=O)c2nc(-c3ccccc3)n3c2CCCCC3)n1. The third-order valence-corrected chi connectivity index (χ3v) is 5.94. The van der Waals surface area contributed by atoms with Crippen LogP contribution in [0.5, 0.6) is 0 Å². The summed E-state index contributed by atoms with van der Waals surface area (Å²) in [7, 11) is 0. The monoisotopic (exact) mass is 376 g/mol. The molecule has 5 nitrogen and oxygen atoms in total. The highest BCUT2D eigenvalue weighted by Gasteiger charge is 2.31. The number of thiazole rings is 1. The van der Waals surface area contributed by atoms with Crippen LogP contribution in [-0.4, -0.2) is 20.3 Å². The van der Waals surface area contributed by atoms with E-state index >= 15 is 0 Å². The Kier molecular flexibility index (Phi) is 4.87. The molecule has 0 saturated heterocycles. The van der Waals surface area contributed by atoms with Crippen LogP contribution in [0, 0.1) is 18.3 Å². The van der Waals surface area contributed by atoms with Crippen LogP contribution >= 0.6 is 11.3 Å². The summed E-state index contributed by atoms with van der Waals surface area (Å²) in [5.74, 6) is -0.308. The van der Waals surface area contributed by atoms with Gasteiger partial charge in [-0.25, -0.2) is 9.97 Å². The topological polar surface area (TPSA) is 71.6 Å². The van der Waals surface area contributed by atoms with Gasteiger partial charge < -0.3 is 4.57 Å². The fraction of sp³-hybridized carbons (Fsp3) is 0.333. The van der Waals surface area contributed by atoms with E-state index in [-0.39, 0.29) is 5.78 Å². The number of ketones is 1. The summed E-state index contributed by atoms with van der Waals surface area (Å²) in [6, 6.07) is 12.1. The molecule has 0 aliphatic carbocycles. The molecular weight excluding hydrogens is 356 g/mol. The number of nitrogens with zero attached hydrogens (tertiary/aromatic N) is 4. The lowest BCUT2D eigenvalue weighted by molar-refractivity contribution is 0.0973. The average molecular weight is 376 g/mol. The Labute approximate surface area is 162 Å². The Balaban J connectivity index is 1.81. The number of rotatable bonds is 4. The van der Waals surface area contributed by atoms with Gasteiger partial charge in [0, 0.05) is 28.9 Å². The number of hydrogen-bond donors (Lipinski definition) is 0. The smallest absolute Gasteiger partial charge is 0.207 e. The maximum Gasteiger partial charge on any atom is 0.207 e. The molecule has 1 aromatic carbocycles. The van der Waals surface area contributed by atoms with E-state index in [4.69, 9.17) is 4.98 Å². The van der Waals surface area contributed by atoms with Gasteiger partial charge in [-0.1, -0.05) is 36.8 Å². The molecule has 0 N–H and O–H groups in total. The summed E-state index contributed by atoms with van der Waals surface area (Å²) in [5, 5.41) is 12.1. The molecule has 0 spiro atoms. The van der Waals surface area contributed by atoms with E-state index in [1.807, 2.05) is 42.6 Å². The van der Waals surface area contributed by atoms with Crippen molar-refractivity contribution in [1.29, 1.82) is 5.26 Å². The highest BCUT2D eigenvalue weighted by atomic mass is 32.1. The summed E-state index contributed by atoms with van der Waals surface area (Å²) >= 11 is 1.36. The van der Waals surface area contributed by atoms with Crippen LogP contribution < -0.4 is 0 Å². The molecule has 0 saturated carbocycles. The van der Waals surface area contributed by atoms with Crippen LogP contribution in [-0.2, 0) is 13.0 Å². The molecule has 1 aliphatic rings. The normalized spacial score (nSPS) is 14.8. The van der Waals surface area contributed by atoms with Crippen molar-refractivity contribution in [3.63, 3.8) is 0 Å². The van der Waals surface area contributed by atoms with Gasteiger partial charge in [0.15, 0.2) is 5.92 Å². The molecule has 0 fully saturated rings. The third-order valence-electron chi connectivity index (χ3n) is 4.91. The van der Waals surface area contributed by atoms with Crippen molar-refractivity contribution in [2.24, 2.45) is 0 Å². The molecule has 2 aromatic heterocycles. The first-order chi connectivity index (χ1) is 13.2. The maximum atomic E-state index is 13.3. The minimum atomic E-state index is -0.893. The van der Waals surface area contributed by atoms with Crippen LogP contribution in [0.15, 0.2) is 35.7 Å². The predicted molar refractivity (Wildman–Crippen MR) is 105 cm³/mol. The molecule has 0 amide bonds. The summed E-state index contributed by atoms with van der Waals surface area (Å²) in [6.45, 7) is 2.72. The van der Waals surface area contributed by atoms with Crippen LogP contribution in [0.4, 0.5) is 0 Å². The first-order valence-corrected chi connectivity index (χ1v) is 10.1. The second kappa shape index (κ2) is 7.45. The number of fused-ring (bicyclic) bond motifs is 1. The van der Waals surface area contributed by atoms with E-state index < -0.39 is 5.92 Å². The second-order valence-electron chi connectivity index (χ2n) is 6.81. The Hall–Kier alpha value is -2.78. The number of nitriles is 1. The minimum Gasteiger partial charge on any atom is -0.327 e. The van der Waals surface area contributed by atoms with Gasteiger partial charge in [0.1, 0.15) is 16.5 Å². The second-order valence-corrected chi connectivity index (χ2v) is 7.70. The Bertz CT molecular complexity index is 1010. The lowest BCUT2D eigenvalue weighted by Gasteiger charge is -2.09. The molecular formula is C21H20N4OS. The van der Waals surface area contributed by atoms with Crippen LogP contribution in [0.25, 0.3) is 11.4 Å². The summed E-state index contributed by atoms with van der Waals surface area (Å²) in [6.07, 6.45) is 4.06. The number of hydrogen-bond acceptors (Lipinski definition) is 5. The zero-order chi connectivity index (χ0) is 18.8. The van der Waals surface area contributed by atoms with Crippen LogP contribution in [0.2, 0.25) is 0 Å². The fourth-order valence-corrected chi connectivity index (χ4v) is 4.43. The summed E-state index contributed by atoms with van der Waals surface area (Å²) in [5.41, 5.74) is 3.23. The van der Waals surface area contributed by atoms with Gasteiger partial charge in [0.25, 0.3) is 0 Å². The zero-order valence-corrected chi connectivity index (χ0v) is 16.0. The lowest BCUT2D eigenvalue weighted by Crippen LogP contribution is -2.14. The summed E-state index contributed by atoms with van der Waals surface area (Å²) < 4.78 is 2.18. The van der Waals surface area contributed by atoms with Gasteiger partial charge in [-0.05, 0) is 26.2 Å². The van der Waals surface area contributed by atoms with Crippen molar-refractivity contribution in [3.05, 3.63) is 57.8 Å². The molecule has 6 heteroatoms. The number of Topliss-reactive ketones (excluding diaryl/α,β-unsaturated/α-hetero) is 1. The maximum absolute atomic E-state index is 13.3. The van der Waals surface area contributed by atoms with Gasteiger partial charge in [-0.15, -0.1) is 11.3 Å². The average Bonchev–Trinajstić information content (AvgIpc) is 3.18. The number of carbonyl (C=O) groups is 1. The third kappa shape index (κ3) is 3.31. The van der Waals surface area contributed by atoms with Gasteiger partial charge in [0.05, 0.1) is 6.07 Å². The standard InChI is InChI=1S/C21H20N4OS/c1-14-13-27-21(23-14)16(12-22)19(26)18-17-10-6-3-7-11-25(17)20(24-18)15-8-4-2-5-9-15/h2,4-5,8-9,13,16H,3,6-7,10-11H2,1H3/t16-/m0/s1. The number of aryl methyl sites for hydroxylation is 1. The number of benzene rings is 1. The molecule has 3 aromatic rings. The number of aromatic nitrogens is 3. The number of imidazole rings is 1. The fourth-order valence-electron chi connectivity index (χ4n) is 3.59. The summed E-state index contributed by atoms with van der Waals surface area (Å²) in [4.78, 5) is 22.4. The molecule has 1 aliphatic heterocycles. The molecule has 27 heavy (non-hydrogen) atoms. The predicted octanol–water partition coefficient (Wildman–Crippen LogP) is 4.53. The van der Waals surface area contributed by atoms with E-state index in [0.717, 1.165) is 55.0 Å². The largest absolute Gasteiger partial charge is 0.327 e. The molecule has 0 unspecified atom stereocenters. The zero-order valence-electron chi connectivity index (χ0n) is 15.2. The van der Waals surface area contributed by atoms with E-state index in [9.17, 15) is 10.1 Å². The van der Waals surface area contributed by atoms with Crippen molar-refractivity contribution in [1.82, 2.24) is 14.5 Å². The molecule has 4 rings (SSSR count). The van der Waals surface area contributed by atoms with Crippen molar-refractivity contribution in [2.45, 2.75) is 45.1 Å². The highest BCUT2D eigenvalue weighted by molar-refractivity contribution is 7.10. The van der Waals surface area contributed by atoms with Gasteiger partial charge in [0.2, 0.25) is 5.78 Å². The van der Waals surface area contributed by atoms with Gasteiger partial charge >= 0.3 is 0 Å². The first kappa shape index (κ1) is 17.6. The van der Waals surface area contributed by atoms with Crippen molar-refractivity contribution in [2.75, 3.05) is 0 Å². The van der Waals surface area contributed by atoms with E-state index in [1.54, 1.807) is 0 Å². The molecule has 3 heterocycles. The van der Waals surface area contributed by atoms with Gasteiger partial charge in [-0.2, -0.15) is 5.26 Å². The Morgan fingerprint density at radius 2 is 2.04 bits per heavy atom. The Morgan fingerprint density at radius 1 is 1.22 bits per heavy atom.